The molecule has 9 aromatic carbocycles. The fraction of sp³-hybridized carbons (Fsp3) is 0.0946. The van der Waals surface area contributed by atoms with Crippen LogP contribution in [-0.4, -0.2) is 15.0 Å². The van der Waals surface area contributed by atoms with Crippen LogP contribution >= 0.6 is 0 Å². The summed E-state index contributed by atoms with van der Waals surface area (Å²) in [7, 11) is 0. The van der Waals surface area contributed by atoms with Crippen molar-refractivity contribution in [1.29, 1.82) is 0 Å². The summed E-state index contributed by atoms with van der Waals surface area (Å²) < 4.78 is 0. The van der Waals surface area contributed by atoms with Crippen molar-refractivity contribution in [3.8, 4) is 67.2 Å². The highest BCUT2D eigenvalue weighted by molar-refractivity contribution is 6.03. The van der Waals surface area contributed by atoms with E-state index >= 15 is 0 Å². The fourth-order valence-electron chi connectivity index (χ4n) is 12.5. The standard InChI is InChI=1S/C74H55N3/c1-45(47-17-9-7-10-18-47)37-62(51-25-30-57-59-32-27-53(40-66(59)73(3,4)64(57)38-51)69-36-29-49-21-15-16-24-68(49)76-69)56-34-35-61-63(43-71(77-72(61)46(56)2)48-19-11-8-12-20-48)52-26-31-58-60-33-28-54(41-67(60)74(5,6)65(58)39-52)70-42-50-22-13-14-23-55(50)44-75-70/h7-44H,1H2,2-6H3/b62-37-. The number of nitrogens with zero attached hydrogens (tertiary/aromatic N) is 3. The van der Waals surface area contributed by atoms with Gasteiger partial charge in [-0.25, -0.2) is 9.97 Å². The van der Waals surface area contributed by atoms with E-state index < -0.39 is 0 Å². The monoisotopic (exact) mass is 985 g/mol. The lowest BCUT2D eigenvalue weighted by Gasteiger charge is -2.24. The van der Waals surface area contributed by atoms with Gasteiger partial charge < -0.3 is 0 Å². The molecule has 0 unspecified atom stereocenters. The van der Waals surface area contributed by atoms with Crippen molar-refractivity contribution in [2.24, 2.45) is 0 Å². The predicted octanol–water partition coefficient (Wildman–Crippen LogP) is 19.1. The van der Waals surface area contributed by atoms with Crippen molar-refractivity contribution in [1.82, 2.24) is 15.0 Å². The van der Waals surface area contributed by atoms with Gasteiger partial charge in [-0.15, -0.1) is 0 Å². The first-order valence-electron chi connectivity index (χ1n) is 26.8. The molecule has 0 fully saturated rings. The van der Waals surface area contributed by atoms with Crippen LogP contribution in [0.1, 0.15) is 72.2 Å². The van der Waals surface area contributed by atoms with E-state index in [1.165, 1.54) is 55.5 Å². The highest BCUT2D eigenvalue weighted by Crippen LogP contribution is 2.53. The molecule has 0 saturated heterocycles. The van der Waals surface area contributed by atoms with Gasteiger partial charge in [0.2, 0.25) is 0 Å². The Bertz CT molecular complexity index is 4460. The van der Waals surface area contributed by atoms with E-state index in [1.807, 2.05) is 6.20 Å². The molecule has 0 radical (unpaired) electrons. The lowest BCUT2D eigenvalue weighted by Crippen LogP contribution is -2.15. The molecule has 0 atom stereocenters. The molecule has 3 heterocycles. The minimum Gasteiger partial charge on any atom is -0.256 e. The van der Waals surface area contributed by atoms with Crippen LogP contribution in [0.2, 0.25) is 0 Å². The second kappa shape index (κ2) is 17.7. The number of aromatic nitrogens is 3. The zero-order valence-electron chi connectivity index (χ0n) is 44.0. The van der Waals surface area contributed by atoms with Crippen LogP contribution in [-0.2, 0) is 10.8 Å². The van der Waals surface area contributed by atoms with Gasteiger partial charge in [-0.2, -0.15) is 0 Å². The maximum atomic E-state index is 5.59. The summed E-state index contributed by atoms with van der Waals surface area (Å²) in [6, 6.07) is 79.3. The highest BCUT2D eigenvalue weighted by atomic mass is 14.7. The predicted molar refractivity (Wildman–Crippen MR) is 323 cm³/mol. The maximum Gasteiger partial charge on any atom is 0.0751 e. The van der Waals surface area contributed by atoms with Gasteiger partial charge in [-0.1, -0.05) is 204 Å². The van der Waals surface area contributed by atoms with Gasteiger partial charge in [0.15, 0.2) is 0 Å². The Morgan fingerprint density at radius 1 is 0.416 bits per heavy atom. The van der Waals surface area contributed by atoms with E-state index in [0.29, 0.717) is 0 Å². The Kier molecular flexibility index (Phi) is 10.6. The largest absolute Gasteiger partial charge is 0.256 e. The zero-order chi connectivity index (χ0) is 52.2. The van der Waals surface area contributed by atoms with Crippen LogP contribution in [0.3, 0.4) is 0 Å². The van der Waals surface area contributed by atoms with E-state index in [1.54, 1.807) is 0 Å². The van der Waals surface area contributed by atoms with Crippen molar-refractivity contribution in [2.45, 2.75) is 45.4 Å². The van der Waals surface area contributed by atoms with Gasteiger partial charge in [-0.3, -0.25) is 4.98 Å². The summed E-state index contributed by atoms with van der Waals surface area (Å²) in [6.07, 6.45) is 4.27. The Labute approximate surface area is 450 Å². The molecule has 77 heavy (non-hydrogen) atoms. The molecule has 3 heteroatoms. The number of hydrogen-bond donors (Lipinski definition) is 0. The molecule has 0 spiro atoms. The van der Waals surface area contributed by atoms with Crippen molar-refractivity contribution < 1.29 is 0 Å². The van der Waals surface area contributed by atoms with E-state index in [4.69, 9.17) is 21.5 Å². The van der Waals surface area contributed by atoms with Crippen LogP contribution in [0.25, 0.3) is 111 Å². The van der Waals surface area contributed by atoms with Crippen molar-refractivity contribution in [3.63, 3.8) is 0 Å². The van der Waals surface area contributed by atoms with Crippen LogP contribution in [0, 0.1) is 6.92 Å². The molecule has 14 rings (SSSR count). The minimum atomic E-state index is -0.267. The molecular weight excluding hydrogens is 931 g/mol. The SMILES string of the molecule is C=C(/C=C(/c1ccc2c(c1)C(C)(C)c1cc(-c3ccc4ccccc4n3)ccc1-2)c1ccc2c(-c3ccc4c(c3)C(C)(C)c3cc(-c5cc6ccccc6cn5)ccc3-4)cc(-c3ccccc3)nc2c1C)c1ccccc1. The number of benzene rings is 9. The van der Waals surface area contributed by atoms with Gasteiger partial charge in [0.05, 0.1) is 28.1 Å². The van der Waals surface area contributed by atoms with Gasteiger partial charge in [0.1, 0.15) is 0 Å². The molecule has 0 N–H and O–H groups in total. The first-order valence-corrected chi connectivity index (χ1v) is 26.8. The smallest absolute Gasteiger partial charge is 0.0751 e. The fourth-order valence-corrected chi connectivity index (χ4v) is 12.5. The first-order chi connectivity index (χ1) is 37.5. The quantitative estimate of drug-likeness (QED) is 0.142. The molecule has 366 valence electrons. The molecule has 3 aromatic heterocycles. The average Bonchev–Trinajstić information content (AvgIpc) is 4.10. The van der Waals surface area contributed by atoms with Crippen molar-refractivity contribution in [3.05, 3.63) is 282 Å². The molecule has 0 aliphatic heterocycles. The summed E-state index contributed by atoms with van der Waals surface area (Å²) in [4.78, 5) is 15.6. The molecule has 0 bridgehead atoms. The lowest BCUT2D eigenvalue weighted by molar-refractivity contribution is 0.660. The van der Waals surface area contributed by atoms with E-state index in [9.17, 15) is 0 Å². The third-order valence-electron chi connectivity index (χ3n) is 16.9. The first kappa shape index (κ1) is 46.2. The third-order valence-corrected chi connectivity index (χ3v) is 16.9. The Hall–Kier alpha value is -9.31. The number of pyridine rings is 3. The van der Waals surface area contributed by atoms with Gasteiger partial charge in [0, 0.05) is 49.9 Å². The number of aryl methyl sites for hydroxylation is 1. The molecule has 0 saturated carbocycles. The molecule has 2 aliphatic rings. The number of allylic oxidation sites excluding steroid dienone is 2. The van der Waals surface area contributed by atoms with Crippen LogP contribution in [0.4, 0.5) is 0 Å². The van der Waals surface area contributed by atoms with E-state index in [2.05, 4.69) is 259 Å². The topological polar surface area (TPSA) is 38.7 Å². The van der Waals surface area contributed by atoms with Crippen LogP contribution in [0.15, 0.2) is 237 Å². The maximum absolute atomic E-state index is 5.59. The van der Waals surface area contributed by atoms with Gasteiger partial charge in [-0.05, 0) is 156 Å². The second-order valence-electron chi connectivity index (χ2n) is 22.1. The van der Waals surface area contributed by atoms with Crippen LogP contribution in [0.5, 0.6) is 0 Å². The zero-order valence-corrected chi connectivity index (χ0v) is 44.0. The number of para-hydroxylation sites is 1. The normalized spacial score (nSPS) is 13.9. The minimum absolute atomic E-state index is 0.245. The Morgan fingerprint density at radius 3 is 1.69 bits per heavy atom. The summed E-state index contributed by atoms with van der Waals surface area (Å²) in [5, 5.41) is 4.61. The summed E-state index contributed by atoms with van der Waals surface area (Å²) in [5.41, 5.74) is 26.9. The average molecular weight is 986 g/mol. The lowest BCUT2D eigenvalue weighted by atomic mass is 9.80. The van der Waals surface area contributed by atoms with Crippen molar-refractivity contribution >= 4 is 43.7 Å². The Balaban J connectivity index is 0.889. The van der Waals surface area contributed by atoms with E-state index in [-0.39, 0.29) is 10.8 Å². The highest BCUT2D eigenvalue weighted by Gasteiger charge is 2.38. The molecular formula is C74H55N3. The van der Waals surface area contributed by atoms with E-state index in [0.717, 1.165) is 99.9 Å². The number of hydrogen-bond acceptors (Lipinski definition) is 3. The van der Waals surface area contributed by atoms with Crippen molar-refractivity contribution in [2.75, 3.05) is 0 Å². The second-order valence-corrected chi connectivity index (χ2v) is 22.1. The molecule has 0 amide bonds. The Morgan fingerprint density at radius 2 is 0.987 bits per heavy atom. The number of rotatable bonds is 8. The summed E-state index contributed by atoms with van der Waals surface area (Å²) >= 11 is 0. The van der Waals surface area contributed by atoms with Crippen LogP contribution < -0.4 is 0 Å². The summed E-state index contributed by atoms with van der Waals surface area (Å²) in [6.45, 7) is 16.4. The van der Waals surface area contributed by atoms with Gasteiger partial charge >= 0.3 is 0 Å². The summed E-state index contributed by atoms with van der Waals surface area (Å²) in [5.74, 6) is 0. The van der Waals surface area contributed by atoms with Gasteiger partial charge in [0.25, 0.3) is 0 Å². The number of fused-ring (bicyclic) bond motifs is 9. The molecule has 12 aromatic rings. The molecule has 3 nitrogen and oxygen atoms in total. The molecule has 2 aliphatic carbocycles. The third kappa shape index (κ3) is 7.60.